The van der Waals surface area contributed by atoms with E-state index in [2.05, 4.69) is 38.2 Å². The average Bonchev–Trinajstić information content (AvgIpc) is 2.56. The molecule has 0 saturated heterocycles. The lowest BCUT2D eigenvalue weighted by atomic mass is 9.59. The fraction of sp³-hybridized carbons (Fsp3) is 0.682. The number of hydrogen-bond acceptors (Lipinski definition) is 3. The van der Waals surface area contributed by atoms with Crippen LogP contribution in [-0.4, -0.2) is 25.2 Å². The first-order chi connectivity index (χ1) is 12.5. The predicted molar refractivity (Wildman–Crippen MR) is 109 cm³/mol. The third kappa shape index (κ3) is 5.72. The van der Waals surface area contributed by atoms with Crippen molar-refractivity contribution in [1.29, 1.82) is 0 Å². The van der Waals surface area contributed by atoms with E-state index in [1.165, 1.54) is 24.8 Å². The van der Waals surface area contributed by atoms with Crippen molar-refractivity contribution < 1.29 is 9.53 Å². The van der Waals surface area contributed by atoms with Gasteiger partial charge in [-0.15, -0.1) is 0 Å². The molecule has 1 N–H and O–H groups in total. The molecular weight excluding hydrogens is 346 g/mol. The van der Waals surface area contributed by atoms with Crippen LogP contribution in [0.3, 0.4) is 0 Å². The van der Waals surface area contributed by atoms with E-state index in [0.29, 0.717) is 31.5 Å². The van der Waals surface area contributed by atoms with Gasteiger partial charge >= 0.3 is 5.97 Å². The van der Waals surface area contributed by atoms with Crippen molar-refractivity contribution in [2.24, 2.45) is 5.92 Å². The van der Waals surface area contributed by atoms with Crippen molar-refractivity contribution in [3.8, 4) is 0 Å². The maximum Gasteiger partial charge on any atom is 0.305 e. The van der Waals surface area contributed by atoms with E-state index in [4.69, 9.17) is 16.3 Å². The average molecular weight is 380 g/mol. The highest BCUT2D eigenvalue weighted by Crippen LogP contribution is 2.48. The molecule has 1 aromatic carbocycles. The lowest BCUT2D eigenvalue weighted by molar-refractivity contribution is -0.143. The number of esters is 1. The molecule has 1 saturated carbocycles. The third-order valence-corrected chi connectivity index (χ3v) is 5.78. The van der Waals surface area contributed by atoms with Crippen LogP contribution in [0.5, 0.6) is 0 Å². The van der Waals surface area contributed by atoms with Gasteiger partial charge < -0.3 is 10.1 Å². The molecule has 1 fully saturated rings. The predicted octanol–water partition coefficient (Wildman–Crippen LogP) is 5.50. The Labute approximate surface area is 163 Å². The lowest BCUT2D eigenvalue weighted by Gasteiger charge is -2.49. The summed E-state index contributed by atoms with van der Waals surface area (Å²) < 4.78 is 5.37. The minimum atomic E-state index is -0.0786. The summed E-state index contributed by atoms with van der Waals surface area (Å²) in [5.74, 6) is 0.537. The first kappa shape index (κ1) is 21.2. The summed E-state index contributed by atoms with van der Waals surface area (Å²) in [5.41, 5.74) is 1.56. The Morgan fingerprint density at radius 2 is 1.96 bits per heavy atom. The molecule has 4 heteroatoms. The molecule has 0 heterocycles. The van der Waals surface area contributed by atoms with Crippen molar-refractivity contribution in [2.75, 3.05) is 13.2 Å². The van der Waals surface area contributed by atoms with E-state index < -0.39 is 0 Å². The number of benzene rings is 1. The molecule has 0 aliphatic heterocycles. The van der Waals surface area contributed by atoms with Gasteiger partial charge in [0.15, 0.2) is 0 Å². The molecule has 0 spiro atoms. The van der Waals surface area contributed by atoms with Gasteiger partial charge in [-0.1, -0.05) is 57.3 Å². The maximum absolute atomic E-state index is 11.7. The molecule has 1 aliphatic rings. The molecular formula is C22H34ClNO2. The molecule has 1 unspecified atom stereocenters. The molecule has 146 valence electrons. The number of ether oxygens (including phenoxy) is 1. The zero-order valence-corrected chi connectivity index (χ0v) is 17.3. The van der Waals surface area contributed by atoms with Crippen LogP contribution < -0.4 is 5.32 Å². The Bertz CT molecular complexity index is 552. The maximum atomic E-state index is 11.7. The Balaban J connectivity index is 1.97. The van der Waals surface area contributed by atoms with Gasteiger partial charge in [-0.2, -0.15) is 0 Å². The van der Waals surface area contributed by atoms with Crippen LogP contribution in [0, 0.1) is 5.92 Å². The van der Waals surface area contributed by atoms with Gasteiger partial charge in [0.2, 0.25) is 0 Å². The zero-order valence-electron chi connectivity index (χ0n) is 16.5. The third-order valence-electron chi connectivity index (χ3n) is 5.53. The summed E-state index contributed by atoms with van der Waals surface area (Å²) in [6.45, 7) is 7.79. The Morgan fingerprint density at radius 3 is 2.50 bits per heavy atom. The summed E-state index contributed by atoms with van der Waals surface area (Å²) in [7, 11) is 0. The van der Waals surface area contributed by atoms with Crippen LogP contribution in [0.4, 0.5) is 0 Å². The van der Waals surface area contributed by atoms with E-state index in [-0.39, 0.29) is 11.4 Å². The Kier molecular flexibility index (Phi) is 8.43. The standard InChI is InChI=1S/C22H34ClNO2/c1-4-5-7-21(25)26-15-14-24-20(16-17(2)3)22(12-6-13-22)18-8-10-19(23)11-9-18/h8-11,17,20,24H,4-7,12-16H2,1-3H3. The van der Waals surface area contributed by atoms with Crippen LogP contribution in [0.2, 0.25) is 5.02 Å². The second kappa shape index (κ2) is 10.3. The second-order valence-corrected chi connectivity index (χ2v) is 8.41. The zero-order chi connectivity index (χ0) is 19.0. The smallest absolute Gasteiger partial charge is 0.305 e. The van der Waals surface area contributed by atoms with E-state index in [0.717, 1.165) is 24.3 Å². The van der Waals surface area contributed by atoms with Gasteiger partial charge in [-0.25, -0.2) is 0 Å². The molecule has 2 rings (SSSR count). The van der Waals surface area contributed by atoms with Gasteiger partial charge in [-0.05, 0) is 49.3 Å². The summed E-state index contributed by atoms with van der Waals surface area (Å²) >= 11 is 6.09. The van der Waals surface area contributed by atoms with E-state index >= 15 is 0 Å². The molecule has 3 nitrogen and oxygen atoms in total. The lowest BCUT2D eigenvalue weighted by Crippen LogP contribution is -2.54. The number of carbonyl (C=O) groups is 1. The minimum absolute atomic E-state index is 0.0786. The van der Waals surface area contributed by atoms with E-state index in [1.807, 2.05) is 12.1 Å². The summed E-state index contributed by atoms with van der Waals surface area (Å²) in [4.78, 5) is 11.7. The fourth-order valence-corrected chi connectivity index (χ4v) is 4.07. The number of carbonyl (C=O) groups excluding carboxylic acids is 1. The second-order valence-electron chi connectivity index (χ2n) is 7.98. The Morgan fingerprint density at radius 1 is 1.27 bits per heavy atom. The highest BCUT2D eigenvalue weighted by atomic mass is 35.5. The molecule has 1 aliphatic carbocycles. The molecule has 0 bridgehead atoms. The monoisotopic (exact) mass is 379 g/mol. The largest absolute Gasteiger partial charge is 0.464 e. The van der Waals surface area contributed by atoms with Crippen LogP contribution in [-0.2, 0) is 14.9 Å². The molecule has 0 aromatic heterocycles. The molecule has 26 heavy (non-hydrogen) atoms. The number of unbranched alkanes of at least 4 members (excludes halogenated alkanes) is 1. The van der Waals surface area contributed by atoms with Gasteiger partial charge in [0.05, 0.1) is 0 Å². The molecule has 0 amide bonds. The summed E-state index contributed by atoms with van der Waals surface area (Å²) in [6.07, 6.45) is 7.25. The normalized spacial score (nSPS) is 17.0. The Hall–Kier alpha value is -1.06. The van der Waals surface area contributed by atoms with E-state index in [1.54, 1.807) is 0 Å². The molecule has 1 aromatic rings. The van der Waals surface area contributed by atoms with Gasteiger partial charge in [0.25, 0.3) is 0 Å². The van der Waals surface area contributed by atoms with Crippen molar-refractivity contribution >= 4 is 17.6 Å². The fourth-order valence-electron chi connectivity index (χ4n) is 3.94. The van der Waals surface area contributed by atoms with Crippen molar-refractivity contribution in [3.63, 3.8) is 0 Å². The molecule has 0 radical (unpaired) electrons. The number of nitrogens with one attached hydrogen (secondary N) is 1. The summed E-state index contributed by atoms with van der Waals surface area (Å²) in [5, 5.41) is 4.50. The highest BCUT2D eigenvalue weighted by Gasteiger charge is 2.45. The van der Waals surface area contributed by atoms with Gasteiger partial charge in [0, 0.05) is 29.4 Å². The molecule has 1 atom stereocenters. The van der Waals surface area contributed by atoms with Crippen molar-refractivity contribution in [2.45, 2.75) is 77.2 Å². The number of rotatable bonds is 11. The van der Waals surface area contributed by atoms with Crippen LogP contribution >= 0.6 is 11.6 Å². The highest BCUT2D eigenvalue weighted by molar-refractivity contribution is 6.30. The van der Waals surface area contributed by atoms with Crippen LogP contribution in [0.25, 0.3) is 0 Å². The summed E-state index contributed by atoms with van der Waals surface area (Å²) in [6, 6.07) is 8.76. The minimum Gasteiger partial charge on any atom is -0.464 e. The first-order valence-electron chi connectivity index (χ1n) is 10.1. The van der Waals surface area contributed by atoms with Crippen LogP contribution in [0.1, 0.15) is 71.3 Å². The van der Waals surface area contributed by atoms with Gasteiger partial charge in [-0.3, -0.25) is 4.79 Å². The number of hydrogen-bond donors (Lipinski definition) is 1. The van der Waals surface area contributed by atoms with E-state index in [9.17, 15) is 4.79 Å². The quantitative estimate of drug-likeness (QED) is 0.407. The topological polar surface area (TPSA) is 38.3 Å². The number of halogens is 1. The van der Waals surface area contributed by atoms with Gasteiger partial charge in [0.1, 0.15) is 6.61 Å². The van der Waals surface area contributed by atoms with Crippen LogP contribution in [0.15, 0.2) is 24.3 Å². The SMILES string of the molecule is CCCCC(=O)OCCNC(CC(C)C)C1(c2ccc(Cl)cc2)CCC1. The first-order valence-corrected chi connectivity index (χ1v) is 10.5. The van der Waals surface area contributed by atoms with Crippen molar-refractivity contribution in [3.05, 3.63) is 34.9 Å². The van der Waals surface area contributed by atoms with Crippen molar-refractivity contribution in [1.82, 2.24) is 5.32 Å².